The van der Waals surface area contributed by atoms with Gasteiger partial charge in [0.1, 0.15) is 11.7 Å². The predicted octanol–water partition coefficient (Wildman–Crippen LogP) is 3.51. The molecule has 1 heterocycles. The smallest absolute Gasteiger partial charge is 0.197 e. The average Bonchev–Trinajstić information content (AvgIpc) is 2.44. The summed E-state index contributed by atoms with van der Waals surface area (Å²) >= 11 is 7.88. The zero-order valence-electron chi connectivity index (χ0n) is 12.1. The van der Waals surface area contributed by atoms with E-state index >= 15 is 0 Å². The van der Waals surface area contributed by atoms with Gasteiger partial charge in [0.2, 0.25) is 0 Å². The van der Waals surface area contributed by atoms with Gasteiger partial charge in [-0.15, -0.1) is 17.8 Å². The Balaban J connectivity index is 0.00000220. The van der Waals surface area contributed by atoms with E-state index in [0.29, 0.717) is 28.0 Å². The summed E-state index contributed by atoms with van der Waals surface area (Å²) in [4.78, 5) is 12.0. The molecule has 0 atom stereocenters. The van der Waals surface area contributed by atoms with Gasteiger partial charge in [-0.25, -0.2) is 0 Å². The molecule has 6 heteroatoms. The second kappa shape index (κ2) is 8.37. The van der Waals surface area contributed by atoms with E-state index < -0.39 is 0 Å². The predicted molar refractivity (Wildman–Crippen MR) is 84.7 cm³/mol. The molecule has 0 aliphatic rings. The molecule has 0 spiro atoms. The summed E-state index contributed by atoms with van der Waals surface area (Å²) in [6.07, 6.45) is 1.97. The molecule has 1 radical (unpaired) electrons. The first-order valence-corrected chi connectivity index (χ1v) is 7.81. The average molecular weight is 398 g/mol. The Labute approximate surface area is 158 Å². The van der Waals surface area contributed by atoms with Crippen LogP contribution in [0.3, 0.4) is 0 Å². The van der Waals surface area contributed by atoms with Crippen LogP contribution in [0.5, 0.6) is 5.75 Å². The molecule has 0 unspecified atom stereocenters. The van der Waals surface area contributed by atoms with Gasteiger partial charge in [0.25, 0.3) is 0 Å². The van der Waals surface area contributed by atoms with E-state index in [2.05, 4.69) is 6.07 Å². The van der Waals surface area contributed by atoms with E-state index in [9.17, 15) is 4.79 Å². The second-order valence-corrected chi connectivity index (χ2v) is 5.60. The molecule has 0 aliphatic carbocycles. The first-order valence-electron chi connectivity index (χ1n) is 6.04. The minimum Gasteiger partial charge on any atom is -0.483 e. The maximum absolute atomic E-state index is 12.0. The standard InChI is InChI=1S/C15H15ClNO2S.Y/c1-10-4-7-14(17(2)15(10)18)12-6-5-11(8-13(12)16)19-9-20-3;/h4-6,8H,9H2,1-3H3;/q-1;. The fraction of sp³-hybridized carbons (Fsp3) is 0.267. The number of thioether (sulfide) groups is 1. The number of nitrogens with zero attached hydrogens (tertiary/aromatic N) is 1. The number of rotatable bonds is 4. The van der Waals surface area contributed by atoms with Crippen LogP contribution in [0, 0.1) is 13.0 Å². The molecule has 0 saturated carbocycles. The second-order valence-electron chi connectivity index (χ2n) is 4.38. The Hall–Kier alpha value is -0.286. The van der Waals surface area contributed by atoms with Crippen LogP contribution < -0.4 is 10.3 Å². The fourth-order valence-corrected chi connectivity index (χ4v) is 2.38. The van der Waals surface area contributed by atoms with Crippen molar-refractivity contribution in [3.8, 4) is 17.0 Å². The third-order valence-corrected chi connectivity index (χ3v) is 3.61. The normalized spacial score (nSPS) is 10.1. The third kappa shape index (κ3) is 4.35. The van der Waals surface area contributed by atoms with Gasteiger partial charge in [0.05, 0.1) is 0 Å². The van der Waals surface area contributed by atoms with Gasteiger partial charge in [-0.1, -0.05) is 35.3 Å². The number of halogens is 1. The molecular formula is C15H15ClNO2SY-. The minimum atomic E-state index is -0.0440. The van der Waals surface area contributed by atoms with Crippen molar-refractivity contribution in [1.29, 1.82) is 0 Å². The summed E-state index contributed by atoms with van der Waals surface area (Å²) in [5.41, 5.74) is 2.05. The van der Waals surface area contributed by atoms with Crippen molar-refractivity contribution in [2.24, 2.45) is 7.05 Å². The van der Waals surface area contributed by atoms with E-state index in [4.69, 9.17) is 16.3 Å². The number of hydrogen-bond acceptors (Lipinski definition) is 3. The first kappa shape index (κ1) is 18.8. The molecule has 21 heavy (non-hydrogen) atoms. The van der Waals surface area contributed by atoms with Crippen LogP contribution >= 0.6 is 23.4 Å². The van der Waals surface area contributed by atoms with Crippen LogP contribution in [0.1, 0.15) is 5.56 Å². The molecule has 1 aromatic carbocycles. The molecule has 0 aliphatic heterocycles. The van der Waals surface area contributed by atoms with Gasteiger partial charge in [-0.05, 0) is 23.4 Å². The Morgan fingerprint density at radius 3 is 2.76 bits per heavy atom. The van der Waals surface area contributed by atoms with Gasteiger partial charge < -0.3 is 9.30 Å². The van der Waals surface area contributed by atoms with Crippen LogP contribution in [0.4, 0.5) is 0 Å². The van der Waals surface area contributed by atoms with Crippen LogP contribution in [-0.2, 0) is 39.8 Å². The Kier molecular flexibility index (Phi) is 7.48. The van der Waals surface area contributed by atoms with Crippen molar-refractivity contribution in [1.82, 2.24) is 4.57 Å². The summed E-state index contributed by atoms with van der Waals surface area (Å²) in [5, 5.41) is 0.540. The Morgan fingerprint density at radius 1 is 1.43 bits per heavy atom. The number of pyridine rings is 1. The SMILES string of the molecule is CSCOc1ccc(-c2[c-]cc(C)c(=O)n2C)c(Cl)c1.[Y]. The summed E-state index contributed by atoms with van der Waals surface area (Å²) < 4.78 is 7.05. The molecule has 0 saturated heterocycles. The molecule has 0 amide bonds. The van der Waals surface area contributed by atoms with E-state index in [-0.39, 0.29) is 38.3 Å². The molecule has 0 fully saturated rings. The van der Waals surface area contributed by atoms with Crippen molar-refractivity contribution >= 4 is 23.4 Å². The number of aromatic nitrogens is 1. The van der Waals surface area contributed by atoms with Crippen LogP contribution in [-0.4, -0.2) is 16.8 Å². The fourth-order valence-electron chi connectivity index (χ4n) is 1.86. The Morgan fingerprint density at radius 2 is 2.14 bits per heavy atom. The third-order valence-electron chi connectivity index (χ3n) is 2.94. The summed E-state index contributed by atoms with van der Waals surface area (Å²) in [6, 6.07) is 10.2. The van der Waals surface area contributed by atoms with Crippen LogP contribution in [0.2, 0.25) is 5.02 Å². The maximum Gasteiger partial charge on any atom is 0.197 e. The van der Waals surface area contributed by atoms with E-state index in [0.717, 1.165) is 5.56 Å². The summed E-state index contributed by atoms with van der Waals surface area (Å²) in [6.45, 7) is 1.77. The molecule has 0 bridgehead atoms. The number of hydrogen-bond donors (Lipinski definition) is 0. The summed E-state index contributed by atoms with van der Waals surface area (Å²) in [7, 11) is 1.72. The number of aryl methyl sites for hydroxylation is 1. The monoisotopic (exact) mass is 397 g/mol. The van der Waals surface area contributed by atoms with E-state index in [1.54, 1.807) is 42.4 Å². The van der Waals surface area contributed by atoms with Crippen LogP contribution in [0.15, 0.2) is 29.1 Å². The Bertz CT molecular complexity index is 688. The van der Waals surface area contributed by atoms with E-state index in [1.807, 2.05) is 18.4 Å². The largest absolute Gasteiger partial charge is 0.483 e. The molecular weight excluding hydrogens is 383 g/mol. The number of benzene rings is 1. The molecule has 109 valence electrons. The maximum atomic E-state index is 12.0. The zero-order valence-corrected chi connectivity index (χ0v) is 16.6. The van der Waals surface area contributed by atoms with Gasteiger partial charge in [-0.2, -0.15) is 12.1 Å². The molecule has 1 aromatic heterocycles. The van der Waals surface area contributed by atoms with Crippen LogP contribution in [0.25, 0.3) is 11.3 Å². The quantitative estimate of drug-likeness (QED) is 0.584. The number of ether oxygens (including phenoxy) is 1. The molecule has 2 rings (SSSR count). The van der Waals surface area contributed by atoms with Gasteiger partial charge in [0.15, 0.2) is 5.56 Å². The zero-order chi connectivity index (χ0) is 14.7. The topological polar surface area (TPSA) is 31.2 Å². The van der Waals surface area contributed by atoms with Crippen molar-refractivity contribution in [3.63, 3.8) is 0 Å². The van der Waals surface area contributed by atoms with Crippen molar-refractivity contribution in [2.75, 3.05) is 12.2 Å². The molecule has 2 aromatic rings. The van der Waals surface area contributed by atoms with Gasteiger partial charge >= 0.3 is 0 Å². The van der Waals surface area contributed by atoms with Crippen molar-refractivity contribution in [2.45, 2.75) is 6.92 Å². The van der Waals surface area contributed by atoms with Gasteiger partial charge in [-0.3, -0.25) is 4.79 Å². The van der Waals surface area contributed by atoms with E-state index in [1.165, 1.54) is 0 Å². The van der Waals surface area contributed by atoms with Gasteiger partial charge in [0, 0.05) is 39.8 Å². The molecule has 3 nitrogen and oxygen atoms in total. The van der Waals surface area contributed by atoms with Crippen molar-refractivity contribution < 1.29 is 37.4 Å². The molecule has 0 N–H and O–H groups in total. The summed E-state index contributed by atoms with van der Waals surface area (Å²) in [5.74, 6) is 1.29. The first-order chi connectivity index (χ1) is 9.54. The van der Waals surface area contributed by atoms with Crippen molar-refractivity contribution in [3.05, 3.63) is 51.3 Å². The minimum absolute atomic E-state index is 0.